The van der Waals surface area contributed by atoms with Gasteiger partial charge < -0.3 is 4.74 Å². The summed E-state index contributed by atoms with van der Waals surface area (Å²) in [6, 6.07) is 10.7. The molecule has 0 aromatic heterocycles. The molecule has 98 valence electrons. The standard InChI is InChI=1S/C15H12ClFO2/c1-19-15-6-5-12(16)7-11(15)9-14(18)10-3-2-4-13(17)8-10/h2-8H,9H2,1H3. The zero-order chi connectivity index (χ0) is 13.8. The van der Waals surface area contributed by atoms with Crippen LogP contribution in [0.3, 0.4) is 0 Å². The van der Waals surface area contributed by atoms with E-state index in [-0.39, 0.29) is 12.2 Å². The molecular weight excluding hydrogens is 267 g/mol. The van der Waals surface area contributed by atoms with Crippen LogP contribution in [-0.4, -0.2) is 12.9 Å². The van der Waals surface area contributed by atoms with Crippen LogP contribution in [0, 0.1) is 5.82 Å². The van der Waals surface area contributed by atoms with Crippen molar-refractivity contribution in [1.29, 1.82) is 0 Å². The van der Waals surface area contributed by atoms with Gasteiger partial charge in [0.25, 0.3) is 0 Å². The van der Waals surface area contributed by atoms with E-state index in [2.05, 4.69) is 0 Å². The molecule has 0 atom stereocenters. The van der Waals surface area contributed by atoms with Gasteiger partial charge in [-0.25, -0.2) is 4.39 Å². The van der Waals surface area contributed by atoms with Gasteiger partial charge in [0, 0.05) is 22.6 Å². The third-order valence-electron chi connectivity index (χ3n) is 2.74. The predicted molar refractivity (Wildman–Crippen MR) is 72.4 cm³/mol. The Labute approximate surface area is 115 Å². The lowest BCUT2D eigenvalue weighted by Gasteiger charge is -2.08. The number of carbonyl (C=O) groups excluding carboxylic acids is 1. The number of carbonyl (C=O) groups is 1. The van der Waals surface area contributed by atoms with E-state index in [1.165, 1.54) is 25.3 Å². The Balaban J connectivity index is 2.26. The second-order valence-electron chi connectivity index (χ2n) is 4.07. The fourth-order valence-electron chi connectivity index (χ4n) is 1.82. The topological polar surface area (TPSA) is 26.3 Å². The van der Waals surface area contributed by atoms with Crippen molar-refractivity contribution in [2.75, 3.05) is 7.11 Å². The number of Topliss-reactive ketones (excluding diaryl/α,β-unsaturated/α-hetero) is 1. The molecule has 0 saturated heterocycles. The summed E-state index contributed by atoms with van der Waals surface area (Å²) in [6.07, 6.45) is 0.118. The molecule has 2 aromatic rings. The smallest absolute Gasteiger partial charge is 0.167 e. The van der Waals surface area contributed by atoms with E-state index in [4.69, 9.17) is 16.3 Å². The molecule has 0 bridgehead atoms. The van der Waals surface area contributed by atoms with E-state index in [1.807, 2.05) is 0 Å². The van der Waals surface area contributed by atoms with Crippen LogP contribution in [0.4, 0.5) is 4.39 Å². The molecule has 0 spiro atoms. The quantitative estimate of drug-likeness (QED) is 0.793. The molecule has 2 aromatic carbocycles. The first-order valence-corrected chi connectivity index (χ1v) is 6.09. The van der Waals surface area contributed by atoms with Crippen LogP contribution in [0.15, 0.2) is 42.5 Å². The van der Waals surface area contributed by atoms with Crippen molar-refractivity contribution in [3.8, 4) is 5.75 Å². The second-order valence-corrected chi connectivity index (χ2v) is 4.50. The maximum absolute atomic E-state index is 13.1. The summed E-state index contributed by atoms with van der Waals surface area (Å²) < 4.78 is 18.3. The van der Waals surface area contributed by atoms with Crippen LogP contribution in [0.1, 0.15) is 15.9 Å². The monoisotopic (exact) mass is 278 g/mol. The molecule has 2 rings (SSSR count). The minimum absolute atomic E-state index is 0.118. The zero-order valence-corrected chi connectivity index (χ0v) is 11.1. The van der Waals surface area contributed by atoms with Crippen LogP contribution in [0.5, 0.6) is 5.75 Å². The van der Waals surface area contributed by atoms with E-state index in [9.17, 15) is 9.18 Å². The number of ether oxygens (including phenoxy) is 1. The van der Waals surface area contributed by atoms with Gasteiger partial charge in [-0.3, -0.25) is 4.79 Å². The Kier molecular flexibility index (Phi) is 4.17. The van der Waals surface area contributed by atoms with Crippen LogP contribution >= 0.6 is 11.6 Å². The molecule has 0 aliphatic carbocycles. The van der Waals surface area contributed by atoms with Crippen LogP contribution < -0.4 is 4.74 Å². The van der Waals surface area contributed by atoms with Crippen LogP contribution in [0.2, 0.25) is 5.02 Å². The molecule has 0 heterocycles. The fourth-order valence-corrected chi connectivity index (χ4v) is 2.02. The molecule has 0 fully saturated rings. The van der Waals surface area contributed by atoms with Gasteiger partial charge in [-0.1, -0.05) is 23.7 Å². The first-order chi connectivity index (χ1) is 9.10. The third-order valence-corrected chi connectivity index (χ3v) is 2.98. The number of hydrogen-bond acceptors (Lipinski definition) is 2. The van der Waals surface area contributed by atoms with E-state index >= 15 is 0 Å². The average Bonchev–Trinajstić information content (AvgIpc) is 2.39. The second kappa shape index (κ2) is 5.85. The summed E-state index contributed by atoms with van der Waals surface area (Å²) in [7, 11) is 1.53. The number of ketones is 1. The highest BCUT2D eigenvalue weighted by molar-refractivity contribution is 6.30. The van der Waals surface area contributed by atoms with Gasteiger partial charge in [-0.2, -0.15) is 0 Å². The van der Waals surface area contributed by atoms with Crippen molar-refractivity contribution in [3.05, 3.63) is 64.4 Å². The molecule has 0 amide bonds. The summed E-state index contributed by atoms with van der Waals surface area (Å²) in [5.74, 6) is -0.0156. The molecule has 0 aliphatic heterocycles. The lowest BCUT2D eigenvalue weighted by Crippen LogP contribution is -2.05. The number of rotatable bonds is 4. The minimum Gasteiger partial charge on any atom is -0.496 e. The molecule has 0 unspecified atom stereocenters. The molecule has 0 saturated carbocycles. The Bertz CT molecular complexity index is 611. The maximum atomic E-state index is 13.1. The van der Waals surface area contributed by atoms with Crippen LogP contribution in [0.25, 0.3) is 0 Å². The van der Waals surface area contributed by atoms with E-state index in [0.29, 0.717) is 21.9 Å². The summed E-state index contributed by atoms with van der Waals surface area (Å²) in [4.78, 5) is 12.1. The van der Waals surface area contributed by atoms with Gasteiger partial charge in [-0.15, -0.1) is 0 Å². The summed E-state index contributed by atoms with van der Waals surface area (Å²) in [5.41, 5.74) is 1.02. The molecule has 4 heteroatoms. The van der Waals surface area contributed by atoms with Crippen molar-refractivity contribution in [3.63, 3.8) is 0 Å². The van der Waals surface area contributed by atoms with E-state index < -0.39 is 5.82 Å². The van der Waals surface area contributed by atoms with Crippen molar-refractivity contribution in [2.45, 2.75) is 6.42 Å². The minimum atomic E-state index is -0.427. The van der Waals surface area contributed by atoms with Gasteiger partial charge in [0.05, 0.1) is 7.11 Å². The molecular formula is C15H12ClFO2. The van der Waals surface area contributed by atoms with Crippen molar-refractivity contribution < 1.29 is 13.9 Å². The number of hydrogen-bond donors (Lipinski definition) is 0. The van der Waals surface area contributed by atoms with Gasteiger partial charge in [0.1, 0.15) is 11.6 Å². The van der Waals surface area contributed by atoms with Crippen molar-refractivity contribution >= 4 is 17.4 Å². The fraction of sp³-hybridized carbons (Fsp3) is 0.133. The lowest BCUT2D eigenvalue weighted by atomic mass is 10.0. The highest BCUT2D eigenvalue weighted by Crippen LogP contribution is 2.24. The molecule has 0 N–H and O–H groups in total. The Morgan fingerprint density at radius 2 is 2.05 bits per heavy atom. The van der Waals surface area contributed by atoms with Crippen LogP contribution in [-0.2, 0) is 6.42 Å². The molecule has 0 aliphatic rings. The Hall–Kier alpha value is -1.87. The van der Waals surface area contributed by atoms with Gasteiger partial charge in [-0.05, 0) is 30.3 Å². The highest BCUT2D eigenvalue weighted by Gasteiger charge is 2.12. The maximum Gasteiger partial charge on any atom is 0.167 e. The average molecular weight is 279 g/mol. The summed E-state index contributed by atoms with van der Waals surface area (Å²) >= 11 is 5.90. The van der Waals surface area contributed by atoms with E-state index in [0.717, 1.165) is 0 Å². The zero-order valence-electron chi connectivity index (χ0n) is 10.3. The van der Waals surface area contributed by atoms with E-state index in [1.54, 1.807) is 24.3 Å². The lowest BCUT2D eigenvalue weighted by molar-refractivity contribution is 0.0991. The summed E-state index contributed by atoms with van der Waals surface area (Å²) in [6.45, 7) is 0. The van der Waals surface area contributed by atoms with Gasteiger partial charge in [0.2, 0.25) is 0 Å². The number of benzene rings is 2. The SMILES string of the molecule is COc1ccc(Cl)cc1CC(=O)c1cccc(F)c1. The Morgan fingerprint density at radius 1 is 1.26 bits per heavy atom. The molecule has 19 heavy (non-hydrogen) atoms. The third kappa shape index (κ3) is 3.32. The van der Waals surface area contributed by atoms with Crippen molar-refractivity contribution in [1.82, 2.24) is 0 Å². The first-order valence-electron chi connectivity index (χ1n) is 5.71. The van der Waals surface area contributed by atoms with Gasteiger partial charge >= 0.3 is 0 Å². The molecule has 2 nitrogen and oxygen atoms in total. The number of halogens is 2. The predicted octanol–water partition coefficient (Wildman–Crippen LogP) is 3.91. The Morgan fingerprint density at radius 3 is 2.74 bits per heavy atom. The highest BCUT2D eigenvalue weighted by atomic mass is 35.5. The molecule has 0 radical (unpaired) electrons. The largest absolute Gasteiger partial charge is 0.496 e. The normalized spacial score (nSPS) is 10.3. The van der Waals surface area contributed by atoms with Gasteiger partial charge in [0.15, 0.2) is 5.78 Å². The first kappa shape index (κ1) is 13.6. The summed E-state index contributed by atoms with van der Waals surface area (Å²) in [5, 5.41) is 0.530. The number of methoxy groups -OCH3 is 1. The van der Waals surface area contributed by atoms with Crippen molar-refractivity contribution in [2.24, 2.45) is 0 Å².